The summed E-state index contributed by atoms with van der Waals surface area (Å²) in [5, 5.41) is 12.8. The molecule has 1 aliphatic rings. The largest absolute Gasteiger partial charge is 0.394 e. The van der Waals surface area contributed by atoms with Gasteiger partial charge in [-0.15, -0.1) is 0 Å². The number of hydrogen-bond donors (Lipinski definition) is 3. The van der Waals surface area contributed by atoms with Gasteiger partial charge in [0.1, 0.15) is 5.82 Å². The number of ether oxygens (including phenoxy) is 1. The zero-order chi connectivity index (χ0) is 12.3. The lowest BCUT2D eigenvalue weighted by molar-refractivity contribution is 0.0378. The van der Waals surface area contributed by atoms with Gasteiger partial charge >= 0.3 is 0 Å². The van der Waals surface area contributed by atoms with Gasteiger partial charge in [0.25, 0.3) is 0 Å². The number of aryl methyl sites for hydroxylation is 1. The molecule has 2 heterocycles. The van der Waals surface area contributed by atoms with Crippen LogP contribution >= 0.6 is 0 Å². The average Bonchev–Trinajstić information content (AvgIpc) is 2.29. The first-order chi connectivity index (χ1) is 8.13. The van der Waals surface area contributed by atoms with Gasteiger partial charge in [-0.2, -0.15) is 4.98 Å². The Morgan fingerprint density at radius 3 is 2.76 bits per heavy atom. The Kier molecular flexibility index (Phi) is 3.44. The summed E-state index contributed by atoms with van der Waals surface area (Å²) >= 11 is 0. The average molecular weight is 238 g/mol. The lowest BCUT2D eigenvalue weighted by atomic mass is 9.91. The number of aliphatic hydroxyl groups is 1. The zero-order valence-electron chi connectivity index (χ0n) is 9.94. The van der Waals surface area contributed by atoms with E-state index in [0.717, 1.165) is 18.5 Å². The number of nitrogens with two attached hydrogens (primary N) is 1. The summed E-state index contributed by atoms with van der Waals surface area (Å²) in [6, 6.07) is 1.82. The van der Waals surface area contributed by atoms with Crippen LogP contribution in [0.4, 0.5) is 11.8 Å². The van der Waals surface area contributed by atoms with E-state index in [9.17, 15) is 5.11 Å². The Morgan fingerprint density at radius 2 is 2.18 bits per heavy atom. The SMILES string of the molecule is Cc1cc(NC2(CO)CCOCC2)nc(N)n1. The van der Waals surface area contributed by atoms with Gasteiger partial charge in [0, 0.05) is 25.0 Å². The van der Waals surface area contributed by atoms with Crippen LogP contribution in [0.1, 0.15) is 18.5 Å². The first-order valence-electron chi connectivity index (χ1n) is 5.71. The molecule has 1 aromatic heterocycles. The molecule has 1 aliphatic heterocycles. The van der Waals surface area contributed by atoms with E-state index in [-0.39, 0.29) is 18.1 Å². The van der Waals surface area contributed by atoms with Gasteiger partial charge in [-0.25, -0.2) is 4.98 Å². The predicted molar refractivity (Wildman–Crippen MR) is 64.7 cm³/mol. The topological polar surface area (TPSA) is 93.3 Å². The number of nitrogens with one attached hydrogen (secondary N) is 1. The first-order valence-corrected chi connectivity index (χ1v) is 5.71. The van der Waals surface area contributed by atoms with Crippen LogP contribution in [0.5, 0.6) is 0 Å². The van der Waals surface area contributed by atoms with Crippen LogP contribution in [0, 0.1) is 6.92 Å². The lowest BCUT2D eigenvalue weighted by Crippen LogP contribution is -2.47. The Morgan fingerprint density at radius 1 is 1.47 bits per heavy atom. The highest BCUT2D eigenvalue weighted by Crippen LogP contribution is 2.25. The maximum atomic E-state index is 9.55. The summed E-state index contributed by atoms with van der Waals surface area (Å²) in [5.41, 5.74) is 6.05. The molecule has 1 saturated heterocycles. The molecule has 0 aromatic carbocycles. The highest BCUT2D eigenvalue weighted by atomic mass is 16.5. The molecule has 0 unspecified atom stereocenters. The number of nitrogens with zero attached hydrogens (tertiary/aromatic N) is 2. The highest BCUT2D eigenvalue weighted by Gasteiger charge is 2.32. The zero-order valence-corrected chi connectivity index (χ0v) is 9.94. The third-order valence-corrected chi connectivity index (χ3v) is 3.02. The Hall–Kier alpha value is -1.40. The van der Waals surface area contributed by atoms with Crippen molar-refractivity contribution in [2.24, 2.45) is 0 Å². The smallest absolute Gasteiger partial charge is 0.222 e. The van der Waals surface area contributed by atoms with Crippen LogP contribution < -0.4 is 11.1 Å². The number of nitrogen functional groups attached to an aromatic ring is 1. The van der Waals surface area contributed by atoms with Crippen molar-refractivity contribution in [2.45, 2.75) is 25.3 Å². The van der Waals surface area contributed by atoms with Crippen LogP contribution in [0.15, 0.2) is 6.07 Å². The minimum absolute atomic E-state index is 0.0549. The van der Waals surface area contributed by atoms with Crippen molar-refractivity contribution >= 4 is 11.8 Å². The van der Waals surface area contributed by atoms with Gasteiger partial charge in [-0.3, -0.25) is 0 Å². The number of anilines is 2. The molecule has 6 nitrogen and oxygen atoms in total. The van der Waals surface area contributed by atoms with Crippen molar-refractivity contribution in [2.75, 3.05) is 30.9 Å². The van der Waals surface area contributed by atoms with Crippen molar-refractivity contribution in [1.82, 2.24) is 9.97 Å². The molecule has 1 aromatic rings. The van der Waals surface area contributed by atoms with Gasteiger partial charge in [0.2, 0.25) is 5.95 Å². The van der Waals surface area contributed by atoms with Crippen molar-refractivity contribution in [1.29, 1.82) is 0 Å². The molecule has 1 fully saturated rings. The van der Waals surface area contributed by atoms with Crippen molar-refractivity contribution in [3.05, 3.63) is 11.8 Å². The molecule has 0 atom stereocenters. The summed E-state index contributed by atoms with van der Waals surface area (Å²) < 4.78 is 5.30. The highest BCUT2D eigenvalue weighted by molar-refractivity contribution is 5.42. The van der Waals surface area contributed by atoms with E-state index in [2.05, 4.69) is 15.3 Å². The minimum Gasteiger partial charge on any atom is -0.394 e. The fourth-order valence-corrected chi connectivity index (χ4v) is 2.01. The molecule has 0 aliphatic carbocycles. The summed E-state index contributed by atoms with van der Waals surface area (Å²) in [5.74, 6) is 0.901. The van der Waals surface area contributed by atoms with Crippen LogP contribution in [0.25, 0.3) is 0 Å². The molecule has 0 radical (unpaired) electrons. The molecular weight excluding hydrogens is 220 g/mol. The number of aliphatic hydroxyl groups excluding tert-OH is 1. The lowest BCUT2D eigenvalue weighted by Gasteiger charge is -2.36. The van der Waals surface area contributed by atoms with Gasteiger partial charge in [-0.05, 0) is 19.8 Å². The van der Waals surface area contributed by atoms with Crippen LogP contribution in [0.3, 0.4) is 0 Å². The fourth-order valence-electron chi connectivity index (χ4n) is 2.01. The number of aromatic nitrogens is 2. The first kappa shape index (κ1) is 12.1. The van der Waals surface area contributed by atoms with E-state index in [1.54, 1.807) is 0 Å². The predicted octanol–water partition coefficient (Wildman–Crippen LogP) is 0.321. The van der Waals surface area contributed by atoms with E-state index in [1.165, 1.54) is 0 Å². The quantitative estimate of drug-likeness (QED) is 0.702. The second kappa shape index (κ2) is 4.85. The molecule has 0 spiro atoms. The number of rotatable bonds is 3. The summed E-state index contributed by atoms with van der Waals surface area (Å²) in [7, 11) is 0. The maximum Gasteiger partial charge on any atom is 0.222 e. The van der Waals surface area contributed by atoms with Crippen molar-refractivity contribution in [3.63, 3.8) is 0 Å². The van der Waals surface area contributed by atoms with Crippen molar-refractivity contribution < 1.29 is 9.84 Å². The maximum absolute atomic E-state index is 9.55. The van der Waals surface area contributed by atoms with E-state index in [4.69, 9.17) is 10.5 Å². The molecule has 17 heavy (non-hydrogen) atoms. The van der Waals surface area contributed by atoms with E-state index in [1.807, 2.05) is 13.0 Å². The monoisotopic (exact) mass is 238 g/mol. The third kappa shape index (κ3) is 2.83. The standard InChI is InChI=1S/C11H18N4O2/c1-8-6-9(14-10(12)13-8)15-11(7-16)2-4-17-5-3-11/h6,16H,2-5,7H2,1H3,(H3,12,13,14,15). The summed E-state index contributed by atoms with van der Waals surface area (Å²) in [6.07, 6.45) is 1.51. The van der Waals surface area contributed by atoms with Crippen LogP contribution in [0.2, 0.25) is 0 Å². The molecule has 0 bridgehead atoms. The third-order valence-electron chi connectivity index (χ3n) is 3.02. The number of hydrogen-bond acceptors (Lipinski definition) is 6. The second-order valence-electron chi connectivity index (χ2n) is 4.43. The van der Waals surface area contributed by atoms with Gasteiger partial charge in [0.15, 0.2) is 0 Å². The summed E-state index contributed by atoms with van der Waals surface area (Å²) in [4.78, 5) is 8.14. The minimum atomic E-state index is -0.356. The van der Waals surface area contributed by atoms with Crippen LogP contribution in [-0.2, 0) is 4.74 Å². The fraction of sp³-hybridized carbons (Fsp3) is 0.636. The Bertz CT molecular complexity index is 371. The molecule has 4 N–H and O–H groups in total. The van der Waals surface area contributed by atoms with Gasteiger partial charge < -0.3 is 20.9 Å². The van der Waals surface area contributed by atoms with Gasteiger partial charge in [-0.1, -0.05) is 0 Å². The molecule has 0 saturated carbocycles. The van der Waals surface area contributed by atoms with E-state index in [0.29, 0.717) is 19.0 Å². The second-order valence-corrected chi connectivity index (χ2v) is 4.43. The Balaban J connectivity index is 2.17. The van der Waals surface area contributed by atoms with Gasteiger partial charge in [0.05, 0.1) is 12.1 Å². The molecule has 2 rings (SSSR count). The molecule has 94 valence electrons. The van der Waals surface area contributed by atoms with E-state index >= 15 is 0 Å². The molecular formula is C11H18N4O2. The molecule has 6 heteroatoms. The van der Waals surface area contributed by atoms with Crippen molar-refractivity contribution in [3.8, 4) is 0 Å². The molecule has 0 amide bonds. The van der Waals surface area contributed by atoms with Crippen LogP contribution in [-0.4, -0.2) is 40.4 Å². The Labute approximate surface area is 100 Å². The summed E-state index contributed by atoms with van der Waals surface area (Å²) in [6.45, 7) is 3.21. The normalized spacial score (nSPS) is 18.9. The van der Waals surface area contributed by atoms with E-state index < -0.39 is 0 Å².